The van der Waals surface area contributed by atoms with E-state index >= 15 is 0 Å². The molecule has 0 N–H and O–H groups in total. The third kappa shape index (κ3) is 2.48. The van der Waals surface area contributed by atoms with Crippen molar-refractivity contribution in [1.29, 1.82) is 0 Å². The Bertz CT molecular complexity index is 451. The van der Waals surface area contributed by atoms with E-state index in [0.717, 1.165) is 6.07 Å². The number of benzene rings is 1. The van der Waals surface area contributed by atoms with Crippen LogP contribution in [0.3, 0.4) is 0 Å². The van der Waals surface area contributed by atoms with Crippen molar-refractivity contribution in [3.63, 3.8) is 0 Å². The number of hydrogen-bond acceptors (Lipinski definition) is 2. The molecule has 0 unspecified atom stereocenters. The first kappa shape index (κ1) is 13.3. The quantitative estimate of drug-likeness (QED) is 0.611. The van der Waals surface area contributed by atoms with Gasteiger partial charge in [-0.3, -0.25) is 9.59 Å². The third-order valence-corrected chi connectivity index (χ3v) is 2.07. The van der Waals surface area contributed by atoms with Crippen LogP contribution in [0.15, 0.2) is 12.1 Å². The molecule has 2 nitrogen and oxygen atoms in total. The van der Waals surface area contributed by atoms with Gasteiger partial charge in [0.25, 0.3) is 6.43 Å². The predicted molar refractivity (Wildman–Crippen MR) is 47.2 cm³/mol. The third-order valence-electron chi connectivity index (χ3n) is 2.07. The lowest BCUT2D eigenvalue weighted by molar-refractivity contribution is -0.139. The van der Waals surface area contributed by atoms with Gasteiger partial charge in [0.1, 0.15) is 0 Å². The highest BCUT2D eigenvalue weighted by molar-refractivity contribution is 5.84. The molecule has 1 aromatic carbocycles. The van der Waals surface area contributed by atoms with Crippen molar-refractivity contribution in [2.45, 2.75) is 12.6 Å². The molecule has 92 valence electrons. The summed E-state index contributed by atoms with van der Waals surface area (Å²) in [6.07, 6.45) is -8.90. The van der Waals surface area contributed by atoms with Gasteiger partial charge in [-0.1, -0.05) is 12.1 Å². The van der Waals surface area contributed by atoms with Crippen molar-refractivity contribution < 1.29 is 31.5 Å². The molecule has 0 aliphatic heterocycles. The van der Waals surface area contributed by atoms with Crippen LogP contribution in [0.1, 0.15) is 38.3 Å². The average Bonchev–Trinajstić information content (AvgIpc) is 2.25. The van der Waals surface area contributed by atoms with Gasteiger partial charge in [-0.15, -0.1) is 0 Å². The Balaban J connectivity index is 3.70. The van der Waals surface area contributed by atoms with Crippen molar-refractivity contribution in [2.24, 2.45) is 0 Å². The van der Waals surface area contributed by atoms with Gasteiger partial charge in [0.15, 0.2) is 12.6 Å². The highest BCUT2D eigenvalue weighted by Gasteiger charge is 2.39. The molecule has 0 aromatic heterocycles. The van der Waals surface area contributed by atoms with Crippen molar-refractivity contribution in [3.05, 3.63) is 34.4 Å². The van der Waals surface area contributed by atoms with Gasteiger partial charge >= 0.3 is 6.18 Å². The number of rotatable bonds is 3. The number of carbonyl (C=O) groups excluding carboxylic acids is 2. The first-order valence-corrected chi connectivity index (χ1v) is 4.25. The van der Waals surface area contributed by atoms with E-state index in [1.165, 1.54) is 0 Å². The molecule has 7 heteroatoms. The van der Waals surface area contributed by atoms with Gasteiger partial charge in [0.05, 0.1) is 5.56 Å². The second-order valence-corrected chi connectivity index (χ2v) is 3.07. The number of hydrogen-bond donors (Lipinski definition) is 0. The molecule has 0 amide bonds. The van der Waals surface area contributed by atoms with Crippen LogP contribution in [0.2, 0.25) is 0 Å². The molecule has 0 saturated carbocycles. The van der Waals surface area contributed by atoms with Crippen LogP contribution in [-0.2, 0) is 6.18 Å². The molecular weight excluding hydrogens is 247 g/mol. The summed E-state index contributed by atoms with van der Waals surface area (Å²) >= 11 is 0. The first-order chi connectivity index (χ1) is 7.82. The summed E-state index contributed by atoms with van der Waals surface area (Å²) in [4.78, 5) is 20.8. The van der Waals surface area contributed by atoms with Crippen LogP contribution in [0.5, 0.6) is 0 Å². The Morgan fingerprint density at radius 1 is 1.00 bits per heavy atom. The van der Waals surface area contributed by atoms with E-state index < -0.39 is 34.9 Å². The zero-order chi connectivity index (χ0) is 13.2. The molecule has 0 aliphatic carbocycles. The Morgan fingerprint density at radius 3 is 1.82 bits per heavy atom. The Hall–Kier alpha value is -1.79. The molecule has 0 atom stereocenters. The maximum Gasteiger partial charge on any atom is 0.417 e. The zero-order valence-corrected chi connectivity index (χ0v) is 8.09. The van der Waals surface area contributed by atoms with Gasteiger partial charge < -0.3 is 0 Å². The van der Waals surface area contributed by atoms with E-state index in [4.69, 9.17) is 0 Å². The fourth-order valence-corrected chi connectivity index (χ4v) is 1.40. The monoisotopic (exact) mass is 252 g/mol. The molecule has 0 spiro atoms. The molecule has 0 bridgehead atoms. The topological polar surface area (TPSA) is 34.1 Å². The second kappa shape index (κ2) is 4.60. The Morgan fingerprint density at radius 2 is 1.47 bits per heavy atom. The van der Waals surface area contributed by atoms with Crippen LogP contribution < -0.4 is 0 Å². The van der Waals surface area contributed by atoms with E-state index in [9.17, 15) is 31.5 Å². The first-order valence-electron chi connectivity index (χ1n) is 4.25. The molecule has 1 aromatic rings. The molecule has 0 saturated heterocycles. The summed E-state index contributed by atoms with van der Waals surface area (Å²) < 4.78 is 62.8. The minimum absolute atomic E-state index is 0.106. The molecule has 0 radical (unpaired) electrons. The van der Waals surface area contributed by atoms with E-state index in [1.54, 1.807) is 0 Å². The van der Waals surface area contributed by atoms with E-state index in [0.29, 0.717) is 6.07 Å². The fourth-order valence-electron chi connectivity index (χ4n) is 1.40. The van der Waals surface area contributed by atoms with Crippen LogP contribution in [0, 0.1) is 0 Å². The number of halogens is 5. The minimum Gasteiger partial charge on any atom is -0.298 e. The molecule has 1 rings (SSSR count). The lowest BCUT2D eigenvalue weighted by Crippen LogP contribution is -2.15. The average molecular weight is 252 g/mol. The maximum absolute atomic E-state index is 12.6. The highest BCUT2D eigenvalue weighted by Crippen LogP contribution is 2.39. The van der Waals surface area contributed by atoms with Crippen LogP contribution in [0.25, 0.3) is 0 Å². The molecular formula is C10H5F5O2. The van der Waals surface area contributed by atoms with Gasteiger partial charge in [-0.2, -0.15) is 13.2 Å². The van der Waals surface area contributed by atoms with Gasteiger partial charge in [-0.05, 0) is 0 Å². The van der Waals surface area contributed by atoms with Crippen molar-refractivity contribution in [1.82, 2.24) is 0 Å². The van der Waals surface area contributed by atoms with Crippen molar-refractivity contribution in [2.75, 3.05) is 0 Å². The smallest absolute Gasteiger partial charge is 0.298 e. The summed E-state index contributed by atoms with van der Waals surface area (Å²) in [6.45, 7) is 0. The Kier molecular flexibility index (Phi) is 3.59. The highest BCUT2D eigenvalue weighted by atomic mass is 19.4. The summed E-state index contributed by atoms with van der Waals surface area (Å²) in [6, 6.07) is 1.44. The van der Waals surface area contributed by atoms with Crippen LogP contribution in [-0.4, -0.2) is 12.6 Å². The normalized spacial score (nSPS) is 11.6. The second-order valence-electron chi connectivity index (χ2n) is 3.07. The summed E-state index contributed by atoms with van der Waals surface area (Å²) in [5, 5.41) is 0. The molecule has 0 heterocycles. The van der Waals surface area contributed by atoms with E-state index in [-0.39, 0.29) is 12.6 Å². The van der Waals surface area contributed by atoms with Crippen LogP contribution in [0.4, 0.5) is 22.0 Å². The maximum atomic E-state index is 12.6. The predicted octanol–water partition coefficient (Wildman–Crippen LogP) is 3.27. The molecule has 0 aliphatic rings. The molecule has 0 fully saturated rings. The van der Waals surface area contributed by atoms with Crippen molar-refractivity contribution >= 4 is 12.6 Å². The Labute approximate surface area is 92.0 Å². The number of alkyl halides is 5. The summed E-state index contributed by atoms with van der Waals surface area (Å²) in [7, 11) is 0. The zero-order valence-electron chi connectivity index (χ0n) is 8.09. The van der Waals surface area contributed by atoms with Crippen molar-refractivity contribution in [3.8, 4) is 0 Å². The van der Waals surface area contributed by atoms with Crippen LogP contribution >= 0.6 is 0 Å². The fraction of sp³-hybridized carbons (Fsp3) is 0.200. The summed E-state index contributed by atoms with van der Waals surface area (Å²) in [5.74, 6) is 0. The van der Waals surface area contributed by atoms with Gasteiger partial charge in [0.2, 0.25) is 0 Å². The SMILES string of the molecule is O=Cc1ccc(C=O)c(C(F)(F)F)c1C(F)F. The van der Waals surface area contributed by atoms with Gasteiger partial charge in [0, 0.05) is 16.7 Å². The molecule has 17 heavy (non-hydrogen) atoms. The minimum atomic E-state index is -5.12. The largest absolute Gasteiger partial charge is 0.417 e. The van der Waals surface area contributed by atoms with E-state index in [2.05, 4.69) is 0 Å². The lowest BCUT2D eigenvalue weighted by atomic mass is 9.96. The van der Waals surface area contributed by atoms with Gasteiger partial charge in [-0.25, -0.2) is 8.78 Å². The number of aldehydes is 2. The van der Waals surface area contributed by atoms with E-state index in [1.807, 2.05) is 0 Å². The lowest BCUT2D eigenvalue weighted by Gasteiger charge is -2.16. The standard InChI is InChI=1S/C10H5F5O2/c11-9(12)7-5(3-16)1-2-6(4-17)8(7)10(13,14)15/h1-4,9H. The summed E-state index contributed by atoms with van der Waals surface area (Å²) in [5.41, 5.74) is -4.92. The number of carbonyl (C=O) groups is 2.